The summed E-state index contributed by atoms with van der Waals surface area (Å²) in [6.45, 7) is 7.58. The molecule has 5 aliphatic rings. The molecule has 2 bridgehead atoms. The fourth-order valence-electron chi connectivity index (χ4n) is 7.05. The number of esters is 2. The summed E-state index contributed by atoms with van der Waals surface area (Å²) < 4.78 is 30.2. The van der Waals surface area contributed by atoms with E-state index in [0.717, 1.165) is 5.57 Å². The first-order valence-electron chi connectivity index (χ1n) is 13.8. The predicted octanol–water partition coefficient (Wildman–Crippen LogP) is 1.36. The molecule has 0 aromatic rings. The molecule has 10 heteroatoms. The van der Waals surface area contributed by atoms with E-state index in [1.54, 1.807) is 26.0 Å². The van der Waals surface area contributed by atoms with E-state index in [0.29, 0.717) is 19.4 Å². The minimum atomic E-state index is -1.40. The number of hydrogen-bond acceptors (Lipinski definition) is 10. The van der Waals surface area contributed by atoms with Gasteiger partial charge in [0.25, 0.3) is 0 Å². The van der Waals surface area contributed by atoms with Crippen LogP contribution in [0.4, 0.5) is 0 Å². The lowest BCUT2D eigenvalue weighted by atomic mass is 9.51. The zero-order valence-corrected chi connectivity index (χ0v) is 22.9. The maximum Gasteiger partial charge on any atom is 0.335 e. The first-order valence-corrected chi connectivity index (χ1v) is 13.8. The molecule has 11 atom stereocenters. The van der Waals surface area contributed by atoms with Gasteiger partial charge in [-0.3, -0.25) is 0 Å². The average molecular weight is 549 g/mol. The highest BCUT2D eigenvalue weighted by Gasteiger charge is 2.83. The second-order valence-corrected chi connectivity index (χ2v) is 12.0. The topological polar surface area (TPSA) is 144 Å². The second kappa shape index (κ2) is 10.4. The van der Waals surface area contributed by atoms with E-state index in [4.69, 9.17) is 23.7 Å². The Labute approximate surface area is 228 Å². The molecule has 216 valence electrons. The first kappa shape index (κ1) is 28.4. The van der Waals surface area contributed by atoms with E-state index in [1.165, 1.54) is 12.2 Å². The summed E-state index contributed by atoms with van der Waals surface area (Å²) in [7, 11) is 0. The molecule has 0 radical (unpaired) electrons. The third-order valence-electron chi connectivity index (χ3n) is 9.83. The summed E-state index contributed by atoms with van der Waals surface area (Å²) in [4.78, 5) is 26.1. The van der Waals surface area contributed by atoms with Crippen LogP contribution >= 0.6 is 0 Å². The lowest BCUT2D eigenvalue weighted by molar-refractivity contribution is -0.240. The van der Waals surface area contributed by atoms with Crippen LogP contribution in [0.5, 0.6) is 0 Å². The second-order valence-electron chi connectivity index (χ2n) is 12.0. The molecule has 2 aliphatic carbocycles. The largest absolute Gasteiger partial charge is 0.463 e. The average Bonchev–Trinajstić information content (AvgIpc) is 3.67. The van der Waals surface area contributed by atoms with Gasteiger partial charge in [-0.25, -0.2) is 9.59 Å². The van der Waals surface area contributed by atoms with Gasteiger partial charge in [-0.05, 0) is 38.2 Å². The van der Waals surface area contributed by atoms with Crippen molar-refractivity contribution in [1.29, 1.82) is 0 Å². The van der Waals surface area contributed by atoms with Crippen molar-refractivity contribution in [3.05, 3.63) is 36.0 Å². The summed E-state index contributed by atoms with van der Waals surface area (Å²) in [5.74, 6) is -1.81. The van der Waals surface area contributed by atoms with E-state index in [2.05, 4.69) is 0 Å². The maximum absolute atomic E-state index is 13.1. The van der Waals surface area contributed by atoms with Crippen LogP contribution in [0.3, 0.4) is 0 Å². The fourth-order valence-corrected chi connectivity index (χ4v) is 7.05. The lowest BCUT2D eigenvalue weighted by Crippen LogP contribution is -2.68. The molecule has 3 N–H and O–H groups in total. The normalized spacial score (nSPS) is 49.0. The standard InChI is InChI=1S/C29H40O10/c1-16-9-10-35-20(18(3)30)7-5-6-8-24(32)39-21-12-23-29(15-37-29)27(21,4)28(14-36-26(34)25(16)33)13-19(31)17(2)11-22(28)38-23/h5-8,11,16,18-23,25,30-31,33H,9-10,12-15H2,1-4H3/b7-5-,8-6-. The predicted molar refractivity (Wildman–Crippen MR) is 137 cm³/mol. The molecule has 1 saturated carbocycles. The van der Waals surface area contributed by atoms with Gasteiger partial charge in [-0.1, -0.05) is 38.2 Å². The van der Waals surface area contributed by atoms with Crippen LogP contribution < -0.4 is 0 Å². The Hall–Kier alpha value is -2.08. The summed E-state index contributed by atoms with van der Waals surface area (Å²) in [5, 5.41) is 31.8. The highest BCUT2D eigenvalue weighted by molar-refractivity contribution is 5.82. The van der Waals surface area contributed by atoms with Crippen molar-refractivity contribution >= 4 is 11.9 Å². The SMILES string of the molecule is CC1=CC2OC3CC4OC(=O)/C=C\C=C/C(C(C)O)OCCC(C)C(O)C(=O)OCC2(CC1O)C4(C)C31CO1. The van der Waals surface area contributed by atoms with Gasteiger partial charge in [-0.2, -0.15) is 0 Å². The summed E-state index contributed by atoms with van der Waals surface area (Å²) in [6, 6.07) is 0. The number of epoxide rings is 1. The molecule has 2 spiro atoms. The van der Waals surface area contributed by atoms with E-state index in [-0.39, 0.29) is 25.7 Å². The minimum Gasteiger partial charge on any atom is -0.463 e. The van der Waals surface area contributed by atoms with Crippen molar-refractivity contribution in [1.82, 2.24) is 0 Å². The highest BCUT2D eigenvalue weighted by atomic mass is 16.6. The van der Waals surface area contributed by atoms with Gasteiger partial charge in [0.05, 0.1) is 36.4 Å². The molecule has 0 aromatic carbocycles. The number of carbonyl (C=O) groups is 2. The monoisotopic (exact) mass is 548 g/mol. The molecule has 2 saturated heterocycles. The molecular formula is C29H40O10. The van der Waals surface area contributed by atoms with E-state index < -0.39 is 70.9 Å². The molecule has 10 nitrogen and oxygen atoms in total. The van der Waals surface area contributed by atoms with Crippen LogP contribution in [0.2, 0.25) is 0 Å². The Balaban J connectivity index is 1.53. The quantitative estimate of drug-likeness (QED) is 0.250. The Morgan fingerprint density at radius 3 is 2.56 bits per heavy atom. The number of allylic oxidation sites excluding steroid dienone is 2. The number of ether oxygens (including phenoxy) is 5. The summed E-state index contributed by atoms with van der Waals surface area (Å²) in [5.41, 5.74) is -1.79. The smallest absolute Gasteiger partial charge is 0.335 e. The van der Waals surface area contributed by atoms with Crippen molar-refractivity contribution in [2.24, 2.45) is 16.7 Å². The zero-order valence-electron chi connectivity index (χ0n) is 22.9. The summed E-state index contributed by atoms with van der Waals surface area (Å²) in [6.07, 6.45) is 3.82. The molecule has 3 fully saturated rings. The van der Waals surface area contributed by atoms with Gasteiger partial charge < -0.3 is 39.0 Å². The Morgan fingerprint density at radius 1 is 1.13 bits per heavy atom. The molecule has 11 unspecified atom stereocenters. The number of aliphatic hydroxyl groups is 3. The summed E-state index contributed by atoms with van der Waals surface area (Å²) >= 11 is 0. The van der Waals surface area contributed by atoms with Crippen LogP contribution in [0.1, 0.15) is 47.0 Å². The molecule has 3 aliphatic heterocycles. The number of carbonyl (C=O) groups excluding carboxylic acids is 2. The Morgan fingerprint density at radius 2 is 1.87 bits per heavy atom. The van der Waals surface area contributed by atoms with Gasteiger partial charge in [0.1, 0.15) is 24.4 Å². The van der Waals surface area contributed by atoms with Crippen molar-refractivity contribution in [2.45, 2.75) is 95.3 Å². The van der Waals surface area contributed by atoms with Crippen molar-refractivity contribution < 1.29 is 48.6 Å². The fraction of sp³-hybridized carbons (Fsp3) is 0.724. The minimum absolute atomic E-state index is 0.150. The van der Waals surface area contributed by atoms with Gasteiger partial charge in [0.15, 0.2) is 6.10 Å². The number of hydrogen-bond donors (Lipinski definition) is 3. The van der Waals surface area contributed by atoms with E-state index in [9.17, 15) is 24.9 Å². The molecule has 3 heterocycles. The van der Waals surface area contributed by atoms with E-state index >= 15 is 0 Å². The Bertz CT molecular complexity index is 1060. The number of cyclic esters (lactones) is 1. The van der Waals surface area contributed by atoms with Crippen molar-refractivity contribution in [2.75, 3.05) is 19.8 Å². The third kappa shape index (κ3) is 4.59. The maximum atomic E-state index is 13.1. The number of aliphatic hydroxyl groups excluding tert-OH is 3. The molecule has 0 aromatic heterocycles. The van der Waals surface area contributed by atoms with Gasteiger partial charge in [0.2, 0.25) is 0 Å². The molecule has 0 amide bonds. The number of rotatable bonds is 1. The van der Waals surface area contributed by atoms with E-state index in [1.807, 2.05) is 19.9 Å². The van der Waals surface area contributed by atoms with Crippen LogP contribution in [0.25, 0.3) is 0 Å². The van der Waals surface area contributed by atoms with Gasteiger partial charge in [0, 0.05) is 24.5 Å². The molecular weight excluding hydrogens is 508 g/mol. The molecule has 5 rings (SSSR count). The highest BCUT2D eigenvalue weighted by Crippen LogP contribution is 2.72. The zero-order chi connectivity index (χ0) is 28.2. The van der Waals surface area contributed by atoms with Crippen LogP contribution in [-0.4, -0.2) is 95.4 Å². The van der Waals surface area contributed by atoms with Crippen LogP contribution in [0.15, 0.2) is 36.0 Å². The van der Waals surface area contributed by atoms with Gasteiger partial charge in [-0.15, -0.1) is 0 Å². The van der Waals surface area contributed by atoms with Crippen LogP contribution in [-0.2, 0) is 33.3 Å². The molecule has 39 heavy (non-hydrogen) atoms. The Kier molecular flexibility index (Phi) is 7.58. The lowest BCUT2D eigenvalue weighted by Gasteiger charge is -2.58. The van der Waals surface area contributed by atoms with Crippen molar-refractivity contribution in [3.63, 3.8) is 0 Å². The van der Waals surface area contributed by atoms with Crippen molar-refractivity contribution in [3.8, 4) is 0 Å². The first-order chi connectivity index (χ1) is 18.4. The van der Waals surface area contributed by atoms with Gasteiger partial charge >= 0.3 is 11.9 Å². The van der Waals surface area contributed by atoms with Crippen LogP contribution in [0, 0.1) is 16.7 Å². The third-order valence-corrected chi connectivity index (χ3v) is 9.83.